The van der Waals surface area contributed by atoms with Gasteiger partial charge in [-0.1, -0.05) is 26.7 Å². The molecule has 2 nitrogen and oxygen atoms in total. The van der Waals surface area contributed by atoms with Gasteiger partial charge in [-0.2, -0.15) is 0 Å². The molecule has 0 amide bonds. The van der Waals surface area contributed by atoms with Gasteiger partial charge in [0.05, 0.1) is 0 Å². The summed E-state index contributed by atoms with van der Waals surface area (Å²) >= 11 is 0. The van der Waals surface area contributed by atoms with E-state index in [0.29, 0.717) is 0 Å². The van der Waals surface area contributed by atoms with E-state index in [4.69, 9.17) is 10.5 Å². The van der Waals surface area contributed by atoms with E-state index in [9.17, 15) is 0 Å². The van der Waals surface area contributed by atoms with Crippen molar-refractivity contribution < 1.29 is 4.74 Å². The quantitative estimate of drug-likeness (QED) is 0.755. The summed E-state index contributed by atoms with van der Waals surface area (Å²) in [6.07, 6.45) is 7.08. The molecule has 1 fully saturated rings. The SMILES string of the molecule is CC(C)CCCC1(N)CCCOCC1. The van der Waals surface area contributed by atoms with Crippen LogP contribution in [0.2, 0.25) is 0 Å². The van der Waals surface area contributed by atoms with Crippen LogP contribution in [0.5, 0.6) is 0 Å². The Morgan fingerprint density at radius 1 is 1.29 bits per heavy atom. The van der Waals surface area contributed by atoms with Crippen LogP contribution in [-0.4, -0.2) is 18.8 Å². The number of hydrogen-bond donors (Lipinski definition) is 1. The second-order valence-electron chi connectivity index (χ2n) is 5.11. The fourth-order valence-electron chi connectivity index (χ4n) is 2.14. The predicted octanol–water partition coefficient (Wildman–Crippen LogP) is 2.71. The Kier molecular flexibility index (Phi) is 4.90. The molecule has 0 aliphatic carbocycles. The van der Waals surface area contributed by atoms with Gasteiger partial charge < -0.3 is 10.5 Å². The van der Waals surface area contributed by atoms with Crippen LogP contribution in [0.15, 0.2) is 0 Å². The molecule has 2 heteroatoms. The first kappa shape index (κ1) is 12.0. The fraction of sp³-hybridized carbons (Fsp3) is 1.00. The van der Waals surface area contributed by atoms with Crippen LogP contribution >= 0.6 is 0 Å². The van der Waals surface area contributed by atoms with Gasteiger partial charge >= 0.3 is 0 Å². The highest BCUT2D eigenvalue weighted by molar-refractivity contribution is 4.85. The van der Waals surface area contributed by atoms with Gasteiger partial charge in [-0.05, 0) is 31.6 Å². The van der Waals surface area contributed by atoms with Crippen molar-refractivity contribution in [3.8, 4) is 0 Å². The van der Waals surface area contributed by atoms with E-state index in [-0.39, 0.29) is 5.54 Å². The minimum atomic E-state index is 0.0748. The summed E-state index contributed by atoms with van der Waals surface area (Å²) in [5.41, 5.74) is 6.44. The minimum absolute atomic E-state index is 0.0748. The molecule has 1 unspecified atom stereocenters. The van der Waals surface area contributed by atoms with Gasteiger partial charge in [0.15, 0.2) is 0 Å². The highest BCUT2D eigenvalue weighted by Gasteiger charge is 2.25. The van der Waals surface area contributed by atoms with Crippen molar-refractivity contribution in [2.75, 3.05) is 13.2 Å². The van der Waals surface area contributed by atoms with Crippen LogP contribution in [0.4, 0.5) is 0 Å². The Balaban J connectivity index is 2.24. The Labute approximate surface area is 88.2 Å². The van der Waals surface area contributed by atoms with Crippen molar-refractivity contribution in [3.05, 3.63) is 0 Å². The summed E-state index contributed by atoms with van der Waals surface area (Å²) in [7, 11) is 0. The summed E-state index contributed by atoms with van der Waals surface area (Å²) in [5, 5.41) is 0. The molecule has 1 rings (SSSR count). The van der Waals surface area contributed by atoms with Gasteiger partial charge in [-0.3, -0.25) is 0 Å². The lowest BCUT2D eigenvalue weighted by Crippen LogP contribution is -2.39. The van der Waals surface area contributed by atoms with Crippen molar-refractivity contribution >= 4 is 0 Å². The molecule has 1 atom stereocenters. The smallest absolute Gasteiger partial charge is 0.0483 e. The molecule has 2 N–H and O–H groups in total. The Morgan fingerprint density at radius 3 is 2.79 bits per heavy atom. The average molecular weight is 199 g/mol. The first-order valence-corrected chi connectivity index (χ1v) is 5.99. The van der Waals surface area contributed by atoms with E-state index in [1.807, 2.05) is 0 Å². The standard InChI is InChI=1S/C12H25NO/c1-11(2)5-3-6-12(13)7-4-9-14-10-8-12/h11H,3-10,13H2,1-2H3. The molecule has 1 aliphatic heterocycles. The van der Waals surface area contributed by atoms with Gasteiger partial charge in [0.25, 0.3) is 0 Å². The van der Waals surface area contributed by atoms with Crippen molar-refractivity contribution in [3.63, 3.8) is 0 Å². The molecule has 0 aromatic rings. The zero-order valence-electron chi connectivity index (χ0n) is 9.72. The van der Waals surface area contributed by atoms with E-state index < -0.39 is 0 Å². The van der Waals surface area contributed by atoms with Crippen LogP contribution in [-0.2, 0) is 4.74 Å². The van der Waals surface area contributed by atoms with Crippen LogP contribution < -0.4 is 5.73 Å². The summed E-state index contributed by atoms with van der Waals surface area (Å²) in [6.45, 7) is 6.32. The maximum atomic E-state index is 6.37. The monoisotopic (exact) mass is 199 g/mol. The van der Waals surface area contributed by atoms with Gasteiger partial charge in [-0.15, -0.1) is 0 Å². The lowest BCUT2D eigenvalue weighted by Gasteiger charge is -2.27. The molecule has 0 radical (unpaired) electrons. The molecule has 0 saturated carbocycles. The molecule has 1 saturated heterocycles. The lowest BCUT2D eigenvalue weighted by molar-refractivity contribution is 0.138. The first-order valence-electron chi connectivity index (χ1n) is 5.99. The Bertz CT molecular complexity index is 148. The maximum absolute atomic E-state index is 6.37. The number of rotatable bonds is 4. The molecular formula is C12H25NO. The maximum Gasteiger partial charge on any atom is 0.0483 e. The van der Waals surface area contributed by atoms with Crippen LogP contribution in [0, 0.1) is 5.92 Å². The highest BCUT2D eigenvalue weighted by Crippen LogP contribution is 2.25. The third-order valence-electron chi connectivity index (χ3n) is 3.16. The number of nitrogens with two attached hydrogens (primary N) is 1. The van der Waals surface area contributed by atoms with Gasteiger partial charge in [0, 0.05) is 18.8 Å². The second kappa shape index (κ2) is 5.72. The van der Waals surface area contributed by atoms with Crippen molar-refractivity contribution in [2.45, 2.75) is 57.9 Å². The van der Waals surface area contributed by atoms with Gasteiger partial charge in [-0.25, -0.2) is 0 Å². The third kappa shape index (κ3) is 4.43. The zero-order valence-corrected chi connectivity index (χ0v) is 9.72. The normalized spacial score (nSPS) is 29.1. The molecule has 84 valence electrons. The topological polar surface area (TPSA) is 35.2 Å². The van der Waals surface area contributed by atoms with Crippen LogP contribution in [0.25, 0.3) is 0 Å². The van der Waals surface area contributed by atoms with Crippen molar-refractivity contribution in [1.29, 1.82) is 0 Å². The van der Waals surface area contributed by atoms with Gasteiger partial charge in [0.2, 0.25) is 0 Å². The van der Waals surface area contributed by atoms with Crippen molar-refractivity contribution in [1.82, 2.24) is 0 Å². The lowest BCUT2D eigenvalue weighted by atomic mass is 9.85. The molecule has 1 heterocycles. The Hall–Kier alpha value is -0.0800. The fourth-order valence-corrected chi connectivity index (χ4v) is 2.14. The third-order valence-corrected chi connectivity index (χ3v) is 3.16. The van der Waals surface area contributed by atoms with Crippen LogP contribution in [0.1, 0.15) is 52.4 Å². The van der Waals surface area contributed by atoms with E-state index in [1.54, 1.807) is 0 Å². The van der Waals surface area contributed by atoms with Crippen molar-refractivity contribution in [2.24, 2.45) is 11.7 Å². The summed E-state index contributed by atoms with van der Waals surface area (Å²) in [5.74, 6) is 0.806. The summed E-state index contributed by atoms with van der Waals surface area (Å²) in [4.78, 5) is 0. The molecular weight excluding hydrogens is 174 g/mol. The minimum Gasteiger partial charge on any atom is -0.381 e. The molecule has 0 aromatic carbocycles. The van der Waals surface area contributed by atoms with E-state index in [1.165, 1.54) is 19.3 Å². The Morgan fingerprint density at radius 2 is 2.07 bits per heavy atom. The summed E-state index contributed by atoms with van der Waals surface area (Å²) < 4.78 is 5.44. The molecule has 1 aliphatic rings. The number of hydrogen-bond acceptors (Lipinski definition) is 2. The average Bonchev–Trinajstić information content (AvgIpc) is 2.30. The molecule has 0 aromatic heterocycles. The van der Waals surface area contributed by atoms with Gasteiger partial charge in [0.1, 0.15) is 0 Å². The number of ether oxygens (including phenoxy) is 1. The van der Waals surface area contributed by atoms with E-state index in [2.05, 4.69) is 13.8 Å². The largest absolute Gasteiger partial charge is 0.381 e. The zero-order chi connectivity index (χ0) is 10.4. The molecule has 14 heavy (non-hydrogen) atoms. The predicted molar refractivity (Wildman–Crippen MR) is 60.3 cm³/mol. The first-order chi connectivity index (χ1) is 6.62. The highest BCUT2D eigenvalue weighted by atomic mass is 16.5. The van der Waals surface area contributed by atoms with E-state index in [0.717, 1.165) is 38.4 Å². The molecule has 0 bridgehead atoms. The second-order valence-corrected chi connectivity index (χ2v) is 5.11. The summed E-state index contributed by atoms with van der Waals surface area (Å²) in [6, 6.07) is 0. The van der Waals surface area contributed by atoms with Crippen LogP contribution in [0.3, 0.4) is 0 Å². The molecule has 0 spiro atoms. The van der Waals surface area contributed by atoms with E-state index >= 15 is 0 Å².